The van der Waals surface area contributed by atoms with Crippen molar-refractivity contribution in [3.8, 4) is 0 Å². The molecule has 0 fully saturated rings. The second-order valence-corrected chi connectivity index (χ2v) is 7.11. The van der Waals surface area contributed by atoms with Crippen LogP contribution in [0.5, 0.6) is 0 Å². The fraction of sp³-hybridized carbons (Fsp3) is 0.375. The maximum absolute atomic E-state index is 4.38. The summed E-state index contributed by atoms with van der Waals surface area (Å²) in [6.45, 7) is 10.7. The lowest BCUT2D eigenvalue weighted by Crippen LogP contribution is -2.10. The van der Waals surface area contributed by atoms with Crippen molar-refractivity contribution >= 4 is 22.7 Å². The zero-order chi connectivity index (χ0) is 14.8. The number of thiazole rings is 1. The molecule has 0 aliphatic rings. The minimum absolute atomic E-state index is 0.184. The highest BCUT2D eigenvalue weighted by atomic mass is 32.1. The molecule has 1 heterocycles. The summed E-state index contributed by atoms with van der Waals surface area (Å²) >= 11 is 1.62. The van der Waals surface area contributed by atoms with E-state index in [1.165, 1.54) is 10.4 Å². The Labute approximate surface area is 124 Å². The van der Waals surface area contributed by atoms with Crippen LogP contribution in [0, 0.1) is 13.8 Å². The van der Waals surface area contributed by atoms with E-state index in [-0.39, 0.29) is 5.41 Å². The highest BCUT2D eigenvalue weighted by molar-refractivity contribution is 7.15. The van der Waals surface area contributed by atoms with Gasteiger partial charge in [0, 0.05) is 4.88 Å². The van der Waals surface area contributed by atoms with Gasteiger partial charge < -0.3 is 0 Å². The van der Waals surface area contributed by atoms with Gasteiger partial charge in [0.25, 0.3) is 0 Å². The van der Waals surface area contributed by atoms with Crippen LogP contribution < -0.4 is 5.43 Å². The highest BCUT2D eigenvalue weighted by Gasteiger charge is 2.12. The Kier molecular flexibility index (Phi) is 4.23. The molecule has 2 rings (SSSR count). The lowest BCUT2D eigenvalue weighted by molar-refractivity contribution is 0.590. The van der Waals surface area contributed by atoms with Crippen LogP contribution in [-0.2, 0) is 5.41 Å². The van der Waals surface area contributed by atoms with Gasteiger partial charge in [-0.05, 0) is 30.4 Å². The number of benzene rings is 1. The topological polar surface area (TPSA) is 37.3 Å². The smallest absolute Gasteiger partial charge is 0.203 e. The Morgan fingerprint density at radius 2 is 1.80 bits per heavy atom. The van der Waals surface area contributed by atoms with Crippen LogP contribution in [-0.4, -0.2) is 11.2 Å². The quantitative estimate of drug-likeness (QED) is 0.666. The zero-order valence-corrected chi connectivity index (χ0v) is 13.5. The average molecular weight is 287 g/mol. The van der Waals surface area contributed by atoms with Crippen molar-refractivity contribution in [1.29, 1.82) is 0 Å². The third-order valence-electron chi connectivity index (χ3n) is 3.18. The van der Waals surface area contributed by atoms with Gasteiger partial charge in [-0.1, -0.05) is 45.0 Å². The predicted molar refractivity (Wildman–Crippen MR) is 87.9 cm³/mol. The predicted octanol–water partition coefficient (Wildman–Crippen LogP) is 4.50. The van der Waals surface area contributed by atoms with E-state index in [0.717, 1.165) is 16.4 Å². The summed E-state index contributed by atoms with van der Waals surface area (Å²) in [5, 5.41) is 5.07. The molecule has 0 saturated carbocycles. The third-order valence-corrected chi connectivity index (χ3v) is 4.16. The van der Waals surface area contributed by atoms with Crippen molar-refractivity contribution in [3.63, 3.8) is 0 Å². The molecule has 106 valence electrons. The Hall–Kier alpha value is -1.68. The molecule has 3 nitrogen and oxygen atoms in total. The first-order valence-electron chi connectivity index (χ1n) is 6.70. The van der Waals surface area contributed by atoms with Crippen molar-refractivity contribution in [1.82, 2.24) is 4.98 Å². The van der Waals surface area contributed by atoms with Gasteiger partial charge in [0.2, 0.25) is 5.13 Å². The van der Waals surface area contributed by atoms with Crippen LogP contribution >= 0.6 is 11.3 Å². The van der Waals surface area contributed by atoms with Gasteiger partial charge in [0.15, 0.2) is 0 Å². The van der Waals surface area contributed by atoms with E-state index in [1.54, 1.807) is 11.3 Å². The molecule has 0 bridgehead atoms. The summed E-state index contributed by atoms with van der Waals surface area (Å²) in [5.74, 6) is 0. The largest absolute Gasteiger partial charge is 0.253 e. The molecule has 0 aliphatic carbocycles. The first kappa shape index (κ1) is 14.7. The number of aryl methyl sites for hydroxylation is 2. The minimum atomic E-state index is 0.184. The van der Waals surface area contributed by atoms with Crippen molar-refractivity contribution in [2.24, 2.45) is 5.10 Å². The van der Waals surface area contributed by atoms with Crippen molar-refractivity contribution in [2.75, 3.05) is 5.43 Å². The number of hydrogen-bond donors (Lipinski definition) is 1. The standard InChI is InChI=1S/C16H21N3S/c1-11-12(2)20-15(18-11)19-17-10-13-6-8-14(9-7-13)16(3,4)5/h6-10H,1-5H3,(H,18,19)/b17-10-. The lowest BCUT2D eigenvalue weighted by Gasteiger charge is -2.18. The molecule has 0 aliphatic heterocycles. The average Bonchev–Trinajstić information content (AvgIpc) is 2.68. The normalized spacial score (nSPS) is 12.1. The number of hydrogen-bond acceptors (Lipinski definition) is 4. The monoisotopic (exact) mass is 287 g/mol. The van der Waals surface area contributed by atoms with Crippen LogP contribution in [0.1, 0.15) is 42.5 Å². The van der Waals surface area contributed by atoms with Crippen LogP contribution in [0.3, 0.4) is 0 Å². The number of aromatic nitrogens is 1. The summed E-state index contributed by atoms with van der Waals surface area (Å²) in [7, 11) is 0. The molecule has 1 aromatic carbocycles. The second-order valence-electron chi connectivity index (χ2n) is 5.90. The number of nitrogens with one attached hydrogen (secondary N) is 1. The van der Waals surface area contributed by atoms with Crippen molar-refractivity contribution < 1.29 is 0 Å². The maximum Gasteiger partial charge on any atom is 0.203 e. The minimum Gasteiger partial charge on any atom is -0.253 e. The summed E-state index contributed by atoms with van der Waals surface area (Å²) in [4.78, 5) is 5.60. The molecular formula is C16H21N3S. The summed E-state index contributed by atoms with van der Waals surface area (Å²) in [6, 6.07) is 8.48. The fourth-order valence-electron chi connectivity index (χ4n) is 1.75. The third kappa shape index (κ3) is 3.67. The summed E-state index contributed by atoms with van der Waals surface area (Å²) < 4.78 is 0. The molecular weight excluding hydrogens is 266 g/mol. The van der Waals surface area contributed by atoms with E-state index in [1.807, 2.05) is 13.1 Å². The Morgan fingerprint density at radius 1 is 1.15 bits per heavy atom. The molecule has 0 amide bonds. The molecule has 0 saturated heterocycles. The van der Waals surface area contributed by atoms with E-state index in [0.29, 0.717) is 0 Å². The number of anilines is 1. The lowest BCUT2D eigenvalue weighted by atomic mass is 9.87. The van der Waals surface area contributed by atoms with E-state index in [4.69, 9.17) is 0 Å². The van der Waals surface area contributed by atoms with Gasteiger partial charge in [-0.3, -0.25) is 5.43 Å². The van der Waals surface area contributed by atoms with Gasteiger partial charge in [-0.25, -0.2) is 4.98 Å². The molecule has 4 heteroatoms. The van der Waals surface area contributed by atoms with E-state index in [9.17, 15) is 0 Å². The van der Waals surface area contributed by atoms with Crippen LogP contribution in [0.2, 0.25) is 0 Å². The van der Waals surface area contributed by atoms with Gasteiger partial charge in [0.1, 0.15) is 0 Å². The molecule has 20 heavy (non-hydrogen) atoms. The number of nitrogens with zero attached hydrogens (tertiary/aromatic N) is 2. The Morgan fingerprint density at radius 3 is 2.30 bits per heavy atom. The molecule has 0 unspecified atom stereocenters. The first-order valence-corrected chi connectivity index (χ1v) is 7.51. The van der Waals surface area contributed by atoms with E-state index < -0.39 is 0 Å². The summed E-state index contributed by atoms with van der Waals surface area (Å²) in [6.07, 6.45) is 1.82. The van der Waals surface area contributed by atoms with E-state index >= 15 is 0 Å². The molecule has 2 aromatic rings. The molecule has 1 N–H and O–H groups in total. The van der Waals surface area contributed by atoms with Gasteiger partial charge >= 0.3 is 0 Å². The van der Waals surface area contributed by atoms with Crippen LogP contribution in [0.15, 0.2) is 29.4 Å². The Bertz CT molecular complexity index is 584. The molecule has 0 atom stereocenters. The molecule has 0 radical (unpaired) electrons. The number of hydrazone groups is 1. The fourth-order valence-corrected chi connectivity index (χ4v) is 2.52. The van der Waals surface area contributed by atoms with Gasteiger partial charge in [-0.2, -0.15) is 5.10 Å². The summed E-state index contributed by atoms with van der Waals surface area (Å²) in [5.41, 5.74) is 6.63. The first-order chi connectivity index (χ1) is 9.36. The van der Waals surface area contributed by atoms with Crippen molar-refractivity contribution in [2.45, 2.75) is 40.0 Å². The van der Waals surface area contributed by atoms with Crippen LogP contribution in [0.4, 0.5) is 5.13 Å². The zero-order valence-electron chi connectivity index (χ0n) is 12.7. The van der Waals surface area contributed by atoms with Crippen molar-refractivity contribution in [3.05, 3.63) is 46.0 Å². The van der Waals surface area contributed by atoms with Gasteiger partial charge in [-0.15, -0.1) is 11.3 Å². The number of rotatable bonds is 3. The van der Waals surface area contributed by atoms with E-state index in [2.05, 4.69) is 67.5 Å². The van der Waals surface area contributed by atoms with Gasteiger partial charge in [0.05, 0.1) is 11.9 Å². The SMILES string of the molecule is Cc1nc(N/N=C\c2ccc(C(C)(C)C)cc2)sc1C. The maximum atomic E-state index is 4.38. The van der Waals surface area contributed by atoms with Crippen LogP contribution in [0.25, 0.3) is 0 Å². The second kappa shape index (κ2) is 5.75. The molecule has 0 spiro atoms. The highest BCUT2D eigenvalue weighted by Crippen LogP contribution is 2.22. The Balaban J connectivity index is 2.01. The molecule has 1 aromatic heterocycles.